The molecule has 1 aliphatic heterocycles. The molecule has 1 amide bonds. The molecule has 1 atom stereocenters. The first-order valence-corrected chi connectivity index (χ1v) is 8.75. The molecule has 0 aliphatic carbocycles. The van der Waals surface area contributed by atoms with Gasteiger partial charge in [-0.05, 0) is 19.4 Å². The van der Waals surface area contributed by atoms with Crippen molar-refractivity contribution >= 4 is 5.91 Å². The molecule has 1 aromatic heterocycles. The molecule has 0 saturated carbocycles. The van der Waals surface area contributed by atoms with E-state index in [1.165, 1.54) is 5.56 Å². The second-order valence-corrected chi connectivity index (χ2v) is 6.54. The van der Waals surface area contributed by atoms with E-state index in [-0.39, 0.29) is 11.9 Å². The summed E-state index contributed by atoms with van der Waals surface area (Å²) < 4.78 is 1.89. The molecule has 128 valence electrons. The smallest absolute Gasteiger partial charge is 0.219 e. The van der Waals surface area contributed by atoms with E-state index in [1.54, 1.807) is 0 Å². The van der Waals surface area contributed by atoms with Crippen molar-refractivity contribution in [3.8, 4) is 11.3 Å². The lowest BCUT2D eigenvalue weighted by Gasteiger charge is -2.33. The van der Waals surface area contributed by atoms with Crippen LogP contribution in [-0.4, -0.2) is 39.7 Å². The van der Waals surface area contributed by atoms with Crippen LogP contribution in [0.5, 0.6) is 0 Å². The van der Waals surface area contributed by atoms with Crippen LogP contribution in [0.4, 0.5) is 0 Å². The van der Waals surface area contributed by atoms with Crippen LogP contribution in [0, 0.1) is 0 Å². The molecule has 0 bridgehead atoms. The second-order valence-electron chi connectivity index (χ2n) is 6.54. The van der Waals surface area contributed by atoms with Gasteiger partial charge in [-0.1, -0.05) is 37.3 Å². The number of aryl methyl sites for hydroxylation is 1. The quantitative estimate of drug-likeness (QED) is 0.919. The van der Waals surface area contributed by atoms with Gasteiger partial charge >= 0.3 is 0 Å². The predicted octanol–water partition coefficient (Wildman–Crippen LogP) is 2.58. The summed E-state index contributed by atoms with van der Waals surface area (Å²) >= 11 is 0. The second kappa shape index (κ2) is 7.62. The monoisotopic (exact) mass is 326 g/mol. The van der Waals surface area contributed by atoms with Crippen molar-refractivity contribution in [3.63, 3.8) is 0 Å². The minimum Gasteiger partial charge on any atom is -0.352 e. The fourth-order valence-electron chi connectivity index (χ4n) is 3.38. The van der Waals surface area contributed by atoms with Gasteiger partial charge in [-0.3, -0.25) is 14.4 Å². The maximum Gasteiger partial charge on any atom is 0.219 e. The van der Waals surface area contributed by atoms with Crippen molar-refractivity contribution in [1.29, 1.82) is 0 Å². The summed E-state index contributed by atoms with van der Waals surface area (Å²) in [5, 5.41) is 7.78. The third kappa shape index (κ3) is 4.03. The Hall–Kier alpha value is -2.14. The Balaban J connectivity index is 1.71. The predicted molar refractivity (Wildman–Crippen MR) is 95.4 cm³/mol. The van der Waals surface area contributed by atoms with Gasteiger partial charge in [0.25, 0.3) is 0 Å². The molecule has 1 N–H and O–H groups in total. The zero-order valence-electron chi connectivity index (χ0n) is 14.5. The molecule has 24 heavy (non-hydrogen) atoms. The highest BCUT2D eigenvalue weighted by Crippen LogP contribution is 2.24. The minimum atomic E-state index is 0.146. The Labute approximate surface area is 143 Å². The highest BCUT2D eigenvalue weighted by atomic mass is 16.1. The number of benzene rings is 1. The average molecular weight is 326 g/mol. The summed E-state index contributed by atoms with van der Waals surface area (Å²) in [4.78, 5) is 14.1. The fraction of sp³-hybridized carbons (Fsp3) is 0.474. The Morgan fingerprint density at radius 3 is 2.88 bits per heavy atom. The number of aromatic nitrogens is 2. The van der Waals surface area contributed by atoms with Gasteiger partial charge in [-0.15, -0.1) is 0 Å². The maximum absolute atomic E-state index is 11.6. The Bertz CT molecular complexity index is 680. The lowest BCUT2D eigenvalue weighted by atomic mass is 10.0. The third-order valence-electron chi connectivity index (χ3n) is 4.54. The molecule has 1 aliphatic rings. The van der Waals surface area contributed by atoms with Crippen LogP contribution in [0.2, 0.25) is 0 Å². The van der Waals surface area contributed by atoms with Crippen molar-refractivity contribution in [2.75, 3.05) is 13.1 Å². The van der Waals surface area contributed by atoms with Crippen molar-refractivity contribution in [3.05, 3.63) is 42.1 Å². The van der Waals surface area contributed by atoms with Gasteiger partial charge in [0.2, 0.25) is 5.91 Å². The molecule has 3 rings (SSSR count). The zero-order chi connectivity index (χ0) is 16.9. The molecule has 1 fully saturated rings. The maximum atomic E-state index is 11.6. The van der Waals surface area contributed by atoms with E-state index >= 15 is 0 Å². The summed E-state index contributed by atoms with van der Waals surface area (Å²) in [6.07, 6.45) is 4.85. The lowest BCUT2D eigenvalue weighted by Crippen LogP contribution is -2.47. The van der Waals surface area contributed by atoms with E-state index in [0.717, 1.165) is 43.7 Å². The molecule has 5 heteroatoms. The van der Waals surface area contributed by atoms with Crippen molar-refractivity contribution < 1.29 is 4.79 Å². The standard InChI is InChI=1S/C19H26N4O/c1-3-18(24)20-17-10-7-11-23(14-17)13-16-12-22(2)21-19(16)15-8-5-4-6-9-15/h4-6,8-9,12,17H,3,7,10-11,13-14H2,1-2H3,(H,20,24). The van der Waals surface area contributed by atoms with Crippen LogP contribution in [-0.2, 0) is 18.4 Å². The van der Waals surface area contributed by atoms with Crippen molar-refractivity contribution in [2.45, 2.75) is 38.8 Å². The Kier molecular flexibility index (Phi) is 5.30. The average Bonchev–Trinajstić information content (AvgIpc) is 2.96. The summed E-state index contributed by atoms with van der Waals surface area (Å²) in [5.41, 5.74) is 3.45. The Morgan fingerprint density at radius 1 is 1.33 bits per heavy atom. The molecule has 0 spiro atoms. The molecule has 1 aromatic carbocycles. The number of piperidine rings is 1. The Morgan fingerprint density at radius 2 is 2.12 bits per heavy atom. The van der Waals surface area contributed by atoms with Crippen LogP contribution in [0.25, 0.3) is 11.3 Å². The van der Waals surface area contributed by atoms with Crippen molar-refractivity contribution in [1.82, 2.24) is 20.0 Å². The first-order valence-electron chi connectivity index (χ1n) is 8.75. The number of hydrogen-bond donors (Lipinski definition) is 1. The van der Waals surface area contributed by atoms with Crippen LogP contribution >= 0.6 is 0 Å². The van der Waals surface area contributed by atoms with E-state index in [2.05, 4.69) is 33.6 Å². The van der Waals surface area contributed by atoms with E-state index in [1.807, 2.05) is 36.9 Å². The van der Waals surface area contributed by atoms with Gasteiger partial charge in [0, 0.05) is 49.9 Å². The third-order valence-corrected chi connectivity index (χ3v) is 4.54. The summed E-state index contributed by atoms with van der Waals surface area (Å²) in [6.45, 7) is 4.75. The normalized spacial score (nSPS) is 18.5. The first kappa shape index (κ1) is 16.7. The number of amides is 1. The number of likely N-dealkylation sites (tertiary alicyclic amines) is 1. The molecule has 1 unspecified atom stereocenters. The summed E-state index contributed by atoms with van der Waals surface area (Å²) in [5.74, 6) is 0.146. The van der Waals surface area contributed by atoms with Gasteiger partial charge in [0.15, 0.2) is 0 Å². The highest BCUT2D eigenvalue weighted by molar-refractivity contribution is 5.75. The van der Waals surface area contributed by atoms with Crippen molar-refractivity contribution in [2.24, 2.45) is 7.05 Å². The highest BCUT2D eigenvalue weighted by Gasteiger charge is 2.22. The van der Waals surface area contributed by atoms with Crippen LogP contribution < -0.4 is 5.32 Å². The fourth-order valence-corrected chi connectivity index (χ4v) is 3.38. The molecule has 1 saturated heterocycles. The van der Waals surface area contributed by atoms with Gasteiger partial charge < -0.3 is 5.32 Å². The number of rotatable bonds is 5. The number of carbonyl (C=O) groups excluding carboxylic acids is 1. The molecule has 5 nitrogen and oxygen atoms in total. The van der Waals surface area contributed by atoms with Crippen LogP contribution in [0.3, 0.4) is 0 Å². The molecule has 2 aromatic rings. The van der Waals surface area contributed by atoms with E-state index in [4.69, 9.17) is 0 Å². The van der Waals surface area contributed by atoms with E-state index in [0.29, 0.717) is 6.42 Å². The molecule has 2 heterocycles. The number of nitrogens with zero attached hydrogens (tertiary/aromatic N) is 3. The first-order chi connectivity index (χ1) is 11.7. The summed E-state index contributed by atoms with van der Waals surface area (Å²) in [6, 6.07) is 10.6. The SMILES string of the molecule is CCC(=O)NC1CCCN(Cc2cn(C)nc2-c2ccccc2)C1. The number of nitrogens with one attached hydrogen (secondary N) is 1. The minimum absolute atomic E-state index is 0.146. The van der Waals surface area contributed by atoms with Gasteiger partial charge in [-0.25, -0.2) is 0 Å². The van der Waals surface area contributed by atoms with E-state index in [9.17, 15) is 4.79 Å². The van der Waals surface area contributed by atoms with Gasteiger partial charge in [-0.2, -0.15) is 5.10 Å². The van der Waals surface area contributed by atoms with Crippen LogP contribution in [0.15, 0.2) is 36.5 Å². The zero-order valence-corrected chi connectivity index (χ0v) is 14.5. The largest absolute Gasteiger partial charge is 0.352 e. The number of hydrogen-bond acceptors (Lipinski definition) is 3. The van der Waals surface area contributed by atoms with Crippen LogP contribution in [0.1, 0.15) is 31.7 Å². The molecule has 0 radical (unpaired) electrons. The lowest BCUT2D eigenvalue weighted by molar-refractivity contribution is -0.121. The van der Waals surface area contributed by atoms with Gasteiger partial charge in [0.05, 0.1) is 5.69 Å². The number of carbonyl (C=O) groups is 1. The topological polar surface area (TPSA) is 50.2 Å². The molecular weight excluding hydrogens is 300 g/mol. The summed E-state index contributed by atoms with van der Waals surface area (Å²) in [7, 11) is 1.97. The van der Waals surface area contributed by atoms with Gasteiger partial charge in [0.1, 0.15) is 0 Å². The van der Waals surface area contributed by atoms with E-state index < -0.39 is 0 Å². The molecular formula is C19H26N4O.